The van der Waals surface area contributed by atoms with Crippen LogP contribution in [0.2, 0.25) is 18.1 Å². The van der Waals surface area contributed by atoms with Crippen LogP contribution >= 0.6 is 0 Å². The topological polar surface area (TPSA) is 68.1 Å². The van der Waals surface area contributed by atoms with Crippen LogP contribution in [-0.4, -0.2) is 33.1 Å². The highest BCUT2D eigenvalue weighted by Gasteiger charge is 2.37. The molecule has 0 aliphatic carbocycles. The van der Waals surface area contributed by atoms with Gasteiger partial charge < -0.3 is 9.41 Å². The Balaban J connectivity index is 1.62. The summed E-state index contributed by atoms with van der Waals surface area (Å²) in [7, 11) is -1.75. The first-order valence-corrected chi connectivity index (χ1v) is 12.1. The summed E-state index contributed by atoms with van der Waals surface area (Å²) < 4.78 is 8.04. The number of fused-ring (bicyclic) bond motifs is 3. The van der Waals surface area contributed by atoms with E-state index in [1.807, 2.05) is 12.3 Å². The molecule has 1 aromatic carbocycles. The zero-order chi connectivity index (χ0) is 19.2. The summed E-state index contributed by atoms with van der Waals surface area (Å²) in [6.45, 7) is 12.0. The Kier molecular flexibility index (Phi) is 4.16. The normalized spacial score (nSPS) is 12.9. The van der Waals surface area contributed by atoms with E-state index in [1.165, 1.54) is 5.56 Å². The van der Waals surface area contributed by atoms with Crippen molar-refractivity contribution in [2.24, 2.45) is 0 Å². The van der Waals surface area contributed by atoms with Gasteiger partial charge in [-0.25, -0.2) is 9.50 Å². The lowest BCUT2D eigenvalue weighted by Crippen LogP contribution is -2.40. The molecule has 3 heterocycles. The van der Waals surface area contributed by atoms with E-state index in [2.05, 4.69) is 78.4 Å². The van der Waals surface area contributed by atoms with Gasteiger partial charge in [-0.2, -0.15) is 0 Å². The van der Waals surface area contributed by atoms with Crippen LogP contribution in [0.4, 0.5) is 0 Å². The number of aromatic nitrogens is 5. The predicted molar refractivity (Wildman–Crippen MR) is 110 cm³/mol. The van der Waals surface area contributed by atoms with Gasteiger partial charge >= 0.3 is 0 Å². The molecule has 0 unspecified atom stereocenters. The van der Waals surface area contributed by atoms with E-state index in [1.54, 1.807) is 10.8 Å². The van der Waals surface area contributed by atoms with Crippen molar-refractivity contribution in [2.45, 2.75) is 45.5 Å². The molecule has 0 amide bonds. The van der Waals surface area contributed by atoms with Gasteiger partial charge in [0, 0.05) is 17.1 Å². The molecule has 0 atom stereocenters. The molecule has 0 bridgehead atoms. The summed E-state index contributed by atoms with van der Waals surface area (Å²) in [4.78, 5) is 7.49. The molecule has 3 aromatic heterocycles. The van der Waals surface area contributed by atoms with Crippen molar-refractivity contribution in [1.82, 2.24) is 24.8 Å². The fourth-order valence-electron chi connectivity index (χ4n) is 2.83. The standard InChI is InChI=1S/C20H25N5OSi/c1-20(2,3)27(4,5)26-12-14-6-8-15(9-7-14)17-18-16-10-11-21-19(16)22-13-25(18)24-23-17/h6-11,13,21H,12H2,1-5H3. The van der Waals surface area contributed by atoms with Gasteiger partial charge in [-0.1, -0.05) is 50.3 Å². The van der Waals surface area contributed by atoms with Crippen molar-refractivity contribution in [3.63, 3.8) is 0 Å². The summed E-state index contributed by atoms with van der Waals surface area (Å²) in [5.41, 5.74) is 4.87. The minimum Gasteiger partial charge on any atom is -0.413 e. The van der Waals surface area contributed by atoms with Gasteiger partial charge in [0.25, 0.3) is 0 Å². The van der Waals surface area contributed by atoms with Crippen LogP contribution in [0.3, 0.4) is 0 Å². The number of aromatic amines is 1. The molecule has 4 aromatic rings. The molecule has 0 aliphatic rings. The van der Waals surface area contributed by atoms with Gasteiger partial charge in [-0.05, 0) is 29.8 Å². The van der Waals surface area contributed by atoms with Gasteiger partial charge in [0.15, 0.2) is 8.32 Å². The Bertz CT molecular complexity index is 1090. The first-order valence-electron chi connectivity index (χ1n) is 9.17. The fourth-order valence-corrected chi connectivity index (χ4v) is 3.79. The number of nitrogens with one attached hydrogen (secondary N) is 1. The second-order valence-corrected chi connectivity index (χ2v) is 13.3. The molecular weight excluding hydrogens is 354 g/mol. The van der Waals surface area contributed by atoms with Crippen molar-refractivity contribution in [2.75, 3.05) is 0 Å². The average molecular weight is 380 g/mol. The Morgan fingerprint density at radius 1 is 1.11 bits per heavy atom. The average Bonchev–Trinajstić information content (AvgIpc) is 3.25. The molecule has 0 spiro atoms. The van der Waals surface area contributed by atoms with E-state index >= 15 is 0 Å². The van der Waals surface area contributed by atoms with Crippen LogP contribution < -0.4 is 0 Å². The van der Waals surface area contributed by atoms with Gasteiger partial charge in [0.1, 0.15) is 23.2 Å². The Morgan fingerprint density at radius 3 is 2.56 bits per heavy atom. The molecule has 0 aliphatic heterocycles. The van der Waals surface area contributed by atoms with Crippen LogP contribution in [-0.2, 0) is 11.0 Å². The highest BCUT2D eigenvalue weighted by Crippen LogP contribution is 2.37. The van der Waals surface area contributed by atoms with E-state index in [4.69, 9.17) is 4.43 Å². The van der Waals surface area contributed by atoms with Crippen LogP contribution in [0, 0.1) is 0 Å². The molecule has 0 fully saturated rings. The molecule has 7 heteroatoms. The van der Waals surface area contributed by atoms with Crippen LogP contribution in [0.1, 0.15) is 26.3 Å². The SMILES string of the molecule is CC(C)(C)[Si](C)(C)OCc1ccc(-c2nnn3cnc4[nH]ccc4c23)cc1. The number of rotatable bonds is 4. The monoisotopic (exact) mass is 379 g/mol. The zero-order valence-electron chi connectivity index (χ0n) is 16.4. The van der Waals surface area contributed by atoms with E-state index < -0.39 is 8.32 Å². The Labute approximate surface area is 159 Å². The number of H-pyrrole nitrogens is 1. The van der Waals surface area contributed by atoms with Crippen molar-refractivity contribution >= 4 is 24.9 Å². The predicted octanol–water partition coefficient (Wildman–Crippen LogP) is 4.79. The number of hydrogen-bond acceptors (Lipinski definition) is 4. The van der Waals surface area contributed by atoms with E-state index in [-0.39, 0.29) is 5.04 Å². The summed E-state index contributed by atoms with van der Waals surface area (Å²) in [6.07, 6.45) is 3.57. The Morgan fingerprint density at radius 2 is 1.85 bits per heavy atom. The third-order valence-electron chi connectivity index (χ3n) is 5.60. The second kappa shape index (κ2) is 6.28. The van der Waals surface area contributed by atoms with Gasteiger partial charge in [-0.3, -0.25) is 0 Å². The molecule has 27 heavy (non-hydrogen) atoms. The quantitative estimate of drug-likeness (QED) is 0.517. The maximum Gasteiger partial charge on any atom is 0.192 e. The van der Waals surface area contributed by atoms with Crippen molar-refractivity contribution in [3.05, 3.63) is 48.4 Å². The summed E-state index contributed by atoms with van der Waals surface area (Å²) in [5.74, 6) is 0. The lowest BCUT2D eigenvalue weighted by molar-refractivity contribution is 0.276. The largest absolute Gasteiger partial charge is 0.413 e. The molecule has 6 nitrogen and oxygen atoms in total. The molecule has 1 N–H and O–H groups in total. The highest BCUT2D eigenvalue weighted by atomic mass is 28.4. The number of nitrogens with zero attached hydrogens (tertiary/aromatic N) is 4. The van der Waals surface area contributed by atoms with E-state index in [0.717, 1.165) is 27.8 Å². The first kappa shape index (κ1) is 17.9. The Hall–Kier alpha value is -2.51. The van der Waals surface area contributed by atoms with Crippen molar-refractivity contribution in [3.8, 4) is 11.3 Å². The summed E-state index contributed by atoms with van der Waals surface area (Å²) in [5, 5.41) is 9.82. The van der Waals surface area contributed by atoms with Crippen LogP contribution in [0.25, 0.3) is 27.8 Å². The zero-order valence-corrected chi connectivity index (χ0v) is 17.4. The molecule has 140 valence electrons. The molecule has 0 saturated carbocycles. The lowest BCUT2D eigenvalue weighted by Gasteiger charge is -2.36. The second-order valence-electron chi connectivity index (χ2n) is 8.46. The van der Waals surface area contributed by atoms with Crippen molar-refractivity contribution in [1.29, 1.82) is 0 Å². The van der Waals surface area contributed by atoms with Crippen LogP contribution in [0.15, 0.2) is 42.9 Å². The lowest BCUT2D eigenvalue weighted by atomic mass is 10.1. The molecule has 0 saturated heterocycles. The number of hydrogen-bond donors (Lipinski definition) is 1. The van der Waals surface area contributed by atoms with Crippen molar-refractivity contribution < 1.29 is 4.43 Å². The van der Waals surface area contributed by atoms with Crippen LogP contribution in [0.5, 0.6) is 0 Å². The maximum absolute atomic E-state index is 6.32. The summed E-state index contributed by atoms with van der Waals surface area (Å²) >= 11 is 0. The minimum atomic E-state index is -1.75. The minimum absolute atomic E-state index is 0.212. The van der Waals surface area contributed by atoms with E-state index in [0.29, 0.717) is 6.61 Å². The number of benzene rings is 1. The fraction of sp³-hybridized carbons (Fsp3) is 0.350. The maximum atomic E-state index is 6.32. The third kappa shape index (κ3) is 3.17. The summed E-state index contributed by atoms with van der Waals surface area (Å²) in [6, 6.07) is 10.4. The van der Waals surface area contributed by atoms with E-state index in [9.17, 15) is 0 Å². The molecule has 4 rings (SSSR count). The van der Waals surface area contributed by atoms with Gasteiger partial charge in [0.05, 0.1) is 6.61 Å². The molecular formula is C20H25N5OSi. The molecule has 0 radical (unpaired) electrons. The van der Waals surface area contributed by atoms with Gasteiger partial charge in [0.2, 0.25) is 0 Å². The third-order valence-corrected chi connectivity index (χ3v) is 10.1. The first-order chi connectivity index (χ1) is 12.8. The highest BCUT2D eigenvalue weighted by molar-refractivity contribution is 6.74. The van der Waals surface area contributed by atoms with Gasteiger partial charge in [-0.15, -0.1) is 5.10 Å². The smallest absolute Gasteiger partial charge is 0.192 e.